The van der Waals surface area contributed by atoms with Crippen molar-refractivity contribution in [1.82, 2.24) is 0 Å². The smallest absolute Gasteiger partial charge is 0.162 e. The van der Waals surface area contributed by atoms with Gasteiger partial charge in [0.25, 0.3) is 0 Å². The van der Waals surface area contributed by atoms with Crippen LogP contribution in [0.4, 0.5) is 0 Å². The summed E-state index contributed by atoms with van der Waals surface area (Å²) in [5.74, 6) is 0.216. The molecule has 4 heteroatoms. The van der Waals surface area contributed by atoms with Crippen LogP contribution < -0.4 is 0 Å². The van der Waals surface area contributed by atoms with E-state index in [2.05, 4.69) is 26.8 Å². The summed E-state index contributed by atoms with van der Waals surface area (Å²) in [6.45, 7) is 7.02. The minimum Gasteiger partial charge on any atom is -0.373 e. The fraction of sp³-hybridized carbons (Fsp3) is 0.812. The highest BCUT2D eigenvalue weighted by Crippen LogP contribution is 2.58. The van der Waals surface area contributed by atoms with Crippen LogP contribution in [0.5, 0.6) is 0 Å². The lowest BCUT2D eigenvalue weighted by molar-refractivity contribution is -0.142. The summed E-state index contributed by atoms with van der Waals surface area (Å²) in [6.07, 6.45) is 4.26. The lowest BCUT2D eigenvalue weighted by Gasteiger charge is -2.37. The molecule has 2 unspecified atom stereocenters. The number of rotatable bonds is 4. The molecule has 3 fully saturated rings. The number of Topliss-reactive ketones (excluding diaryl/α,β-unsaturated/α-hetero) is 1. The second-order valence-electron chi connectivity index (χ2n) is 6.76. The van der Waals surface area contributed by atoms with Crippen LogP contribution in [0.2, 0.25) is 0 Å². The predicted molar refractivity (Wildman–Crippen MR) is 74.5 cm³/mol. The molecule has 0 bridgehead atoms. The number of carbonyl (C=O) groups excluding carboxylic acids is 1. The second-order valence-corrected chi connectivity index (χ2v) is 6.76. The van der Waals surface area contributed by atoms with Gasteiger partial charge >= 0.3 is 0 Å². The molecule has 0 amide bonds. The van der Waals surface area contributed by atoms with Crippen LogP contribution in [0, 0.1) is 5.92 Å². The first-order chi connectivity index (χ1) is 9.43. The van der Waals surface area contributed by atoms with Gasteiger partial charge in [0.1, 0.15) is 17.3 Å². The summed E-state index contributed by atoms with van der Waals surface area (Å²) >= 11 is 0. The maximum absolute atomic E-state index is 12.2. The van der Waals surface area contributed by atoms with Crippen LogP contribution in [0.15, 0.2) is 11.6 Å². The fourth-order valence-corrected chi connectivity index (χ4v) is 3.77. The van der Waals surface area contributed by atoms with Gasteiger partial charge in [-0.25, -0.2) is 0 Å². The molecule has 3 aliphatic rings. The lowest BCUT2D eigenvalue weighted by Crippen LogP contribution is -2.52. The predicted octanol–water partition coefficient (Wildman–Crippen LogP) is 2.26. The topological polar surface area (TPSA) is 51.4 Å². The molecule has 0 radical (unpaired) electrons. The van der Waals surface area contributed by atoms with Crippen molar-refractivity contribution in [2.75, 3.05) is 13.7 Å². The third kappa shape index (κ3) is 2.14. The molecule has 5 atom stereocenters. The highest BCUT2D eigenvalue weighted by atomic mass is 16.6. The molecule has 1 aliphatic carbocycles. The third-order valence-electron chi connectivity index (χ3n) is 5.09. The van der Waals surface area contributed by atoms with Crippen molar-refractivity contribution in [3.8, 4) is 0 Å². The molecule has 0 aromatic heterocycles. The highest BCUT2D eigenvalue weighted by Gasteiger charge is 2.71. The number of ketones is 1. The van der Waals surface area contributed by atoms with Crippen LogP contribution >= 0.6 is 0 Å². The SMILES string of the molecule is CO[C@@H]1C(=O)CC[C@]2(CO2)C1C1(C)O[C@@H]1CC=C(C)C. The summed E-state index contributed by atoms with van der Waals surface area (Å²) in [5.41, 5.74) is 0.825. The quantitative estimate of drug-likeness (QED) is 0.585. The normalized spacial score (nSPS) is 46.4. The largest absolute Gasteiger partial charge is 0.373 e. The standard InChI is InChI=1S/C16H24O4/c1-10(2)5-6-12-15(3,20-12)14-13(18-4)11(17)7-8-16(14)9-19-16/h5,12-14H,6-9H2,1-4H3/t12-,13-,14?,15?,16+/m1/s1. The number of epoxide rings is 2. The Kier molecular flexibility index (Phi) is 3.31. The van der Waals surface area contributed by atoms with Gasteiger partial charge in [-0.3, -0.25) is 4.79 Å². The molecule has 2 saturated heterocycles. The van der Waals surface area contributed by atoms with Gasteiger partial charge in [0, 0.05) is 13.5 Å². The van der Waals surface area contributed by atoms with Gasteiger partial charge in [-0.05, 0) is 33.6 Å². The summed E-state index contributed by atoms with van der Waals surface area (Å²) in [7, 11) is 1.62. The van der Waals surface area contributed by atoms with Gasteiger partial charge < -0.3 is 14.2 Å². The van der Waals surface area contributed by atoms with Crippen molar-refractivity contribution in [3.05, 3.63) is 11.6 Å². The van der Waals surface area contributed by atoms with Crippen molar-refractivity contribution in [2.24, 2.45) is 5.92 Å². The Morgan fingerprint density at radius 2 is 2.20 bits per heavy atom. The number of methoxy groups -OCH3 is 1. The average molecular weight is 280 g/mol. The van der Waals surface area contributed by atoms with Crippen LogP contribution in [-0.2, 0) is 19.0 Å². The Labute approximate surface area is 120 Å². The number of ether oxygens (including phenoxy) is 3. The van der Waals surface area contributed by atoms with E-state index in [1.54, 1.807) is 7.11 Å². The molecule has 1 saturated carbocycles. The van der Waals surface area contributed by atoms with Crippen LogP contribution in [0.3, 0.4) is 0 Å². The lowest BCUT2D eigenvalue weighted by atomic mass is 9.69. The molecule has 1 spiro atoms. The summed E-state index contributed by atoms with van der Waals surface area (Å²) in [4.78, 5) is 12.2. The maximum atomic E-state index is 12.2. The van der Waals surface area contributed by atoms with Gasteiger partial charge in [-0.1, -0.05) is 11.6 Å². The van der Waals surface area contributed by atoms with Crippen molar-refractivity contribution < 1.29 is 19.0 Å². The Bertz CT molecular complexity index is 447. The first-order valence-electron chi connectivity index (χ1n) is 7.43. The van der Waals surface area contributed by atoms with Gasteiger partial charge in [0.15, 0.2) is 5.78 Å². The minimum atomic E-state index is -0.382. The number of carbonyl (C=O) groups is 1. The molecule has 2 aliphatic heterocycles. The van der Waals surface area contributed by atoms with Crippen molar-refractivity contribution in [1.29, 1.82) is 0 Å². The van der Waals surface area contributed by atoms with E-state index in [4.69, 9.17) is 14.2 Å². The zero-order valence-corrected chi connectivity index (χ0v) is 12.8. The van der Waals surface area contributed by atoms with E-state index in [1.807, 2.05) is 0 Å². The van der Waals surface area contributed by atoms with E-state index >= 15 is 0 Å². The molecule has 2 heterocycles. The van der Waals surface area contributed by atoms with Gasteiger partial charge in [0.2, 0.25) is 0 Å². The summed E-state index contributed by atoms with van der Waals surface area (Å²) in [6, 6.07) is 0. The Balaban J connectivity index is 1.80. The first-order valence-corrected chi connectivity index (χ1v) is 7.43. The van der Waals surface area contributed by atoms with Gasteiger partial charge in [-0.15, -0.1) is 0 Å². The molecule has 0 N–H and O–H groups in total. The molecular formula is C16H24O4. The maximum Gasteiger partial charge on any atom is 0.162 e. The molecule has 4 nitrogen and oxygen atoms in total. The Morgan fingerprint density at radius 3 is 2.75 bits per heavy atom. The van der Waals surface area contributed by atoms with Gasteiger partial charge in [0.05, 0.1) is 18.6 Å². The number of allylic oxidation sites excluding steroid dienone is 1. The van der Waals surface area contributed by atoms with E-state index in [1.165, 1.54) is 5.57 Å². The molecule has 3 rings (SSSR count). The zero-order valence-electron chi connectivity index (χ0n) is 12.8. The van der Waals surface area contributed by atoms with E-state index in [0.29, 0.717) is 6.42 Å². The summed E-state index contributed by atoms with van der Waals surface area (Å²) < 4.78 is 17.2. The molecular weight excluding hydrogens is 256 g/mol. The second kappa shape index (κ2) is 4.65. The first kappa shape index (κ1) is 14.2. The number of hydrogen-bond acceptors (Lipinski definition) is 4. The number of hydrogen-bond donors (Lipinski definition) is 0. The van der Waals surface area contributed by atoms with Crippen molar-refractivity contribution >= 4 is 5.78 Å². The molecule has 20 heavy (non-hydrogen) atoms. The van der Waals surface area contributed by atoms with E-state index in [9.17, 15) is 4.79 Å². The van der Waals surface area contributed by atoms with Crippen LogP contribution in [0.1, 0.15) is 40.0 Å². The summed E-state index contributed by atoms with van der Waals surface area (Å²) in [5, 5.41) is 0. The van der Waals surface area contributed by atoms with Crippen molar-refractivity contribution in [2.45, 2.75) is 63.4 Å². The Morgan fingerprint density at radius 1 is 1.50 bits per heavy atom. The minimum absolute atomic E-state index is 0.0248. The van der Waals surface area contributed by atoms with E-state index in [-0.39, 0.29) is 35.1 Å². The Hall–Kier alpha value is -0.710. The van der Waals surface area contributed by atoms with Crippen LogP contribution in [0.25, 0.3) is 0 Å². The highest BCUT2D eigenvalue weighted by molar-refractivity contribution is 5.85. The van der Waals surface area contributed by atoms with Crippen LogP contribution in [-0.4, -0.2) is 42.9 Å². The van der Waals surface area contributed by atoms with E-state index in [0.717, 1.165) is 19.4 Å². The monoisotopic (exact) mass is 280 g/mol. The van der Waals surface area contributed by atoms with Gasteiger partial charge in [-0.2, -0.15) is 0 Å². The van der Waals surface area contributed by atoms with E-state index < -0.39 is 0 Å². The zero-order chi connectivity index (χ0) is 14.5. The third-order valence-corrected chi connectivity index (χ3v) is 5.09. The molecule has 0 aromatic carbocycles. The average Bonchev–Trinajstić information content (AvgIpc) is 3.29. The van der Waals surface area contributed by atoms with Crippen molar-refractivity contribution in [3.63, 3.8) is 0 Å². The fourth-order valence-electron chi connectivity index (χ4n) is 3.77. The molecule has 112 valence electrons. The molecule has 0 aromatic rings.